The third-order valence-electron chi connectivity index (χ3n) is 5.93. The molecule has 0 bridgehead atoms. The molecular formula is C22H22N4O2. The van der Waals surface area contributed by atoms with Crippen LogP contribution in [0.4, 0.5) is 4.79 Å². The molecule has 0 saturated carbocycles. The van der Waals surface area contributed by atoms with Gasteiger partial charge in [0.1, 0.15) is 0 Å². The summed E-state index contributed by atoms with van der Waals surface area (Å²) in [5, 5.41) is 0.979. The normalized spacial score (nSPS) is 22.7. The van der Waals surface area contributed by atoms with Crippen LogP contribution in [0.2, 0.25) is 0 Å². The summed E-state index contributed by atoms with van der Waals surface area (Å²) in [6, 6.07) is 7.89. The predicted octanol–water partition coefficient (Wildman–Crippen LogP) is 3.19. The molecule has 1 unspecified atom stereocenters. The van der Waals surface area contributed by atoms with Gasteiger partial charge in [-0.1, -0.05) is 36.4 Å². The van der Waals surface area contributed by atoms with Gasteiger partial charge in [0, 0.05) is 41.8 Å². The van der Waals surface area contributed by atoms with Crippen molar-refractivity contribution in [2.24, 2.45) is 4.99 Å². The quantitative estimate of drug-likeness (QED) is 0.836. The van der Waals surface area contributed by atoms with Gasteiger partial charge in [0.15, 0.2) is 5.78 Å². The second kappa shape index (κ2) is 6.87. The lowest BCUT2D eigenvalue weighted by Gasteiger charge is -2.38. The van der Waals surface area contributed by atoms with Crippen LogP contribution in [0, 0.1) is 0 Å². The lowest BCUT2D eigenvalue weighted by atomic mass is 9.98. The monoisotopic (exact) mass is 374 g/mol. The number of fused-ring (bicyclic) bond motifs is 2. The van der Waals surface area contributed by atoms with E-state index in [1.807, 2.05) is 59.7 Å². The number of aromatic nitrogens is 1. The highest BCUT2D eigenvalue weighted by Gasteiger charge is 2.38. The minimum Gasteiger partial charge on any atom is -0.360 e. The summed E-state index contributed by atoms with van der Waals surface area (Å²) < 4.78 is 0. The largest absolute Gasteiger partial charge is 0.360 e. The number of amides is 2. The van der Waals surface area contributed by atoms with E-state index in [1.54, 1.807) is 0 Å². The fraction of sp³-hybridized carbons (Fsp3) is 0.318. The summed E-state index contributed by atoms with van der Waals surface area (Å²) in [6.07, 6.45) is 11.4. The highest BCUT2D eigenvalue weighted by atomic mass is 16.2. The number of allylic oxidation sites excluding steroid dienone is 2. The number of para-hydroxylation sites is 1. The molecule has 1 fully saturated rings. The molecule has 1 N–H and O–H groups in total. The average Bonchev–Trinajstić information content (AvgIpc) is 3.29. The van der Waals surface area contributed by atoms with Crippen molar-refractivity contribution in [2.45, 2.75) is 24.9 Å². The molecule has 6 nitrogen and oxygen atoms in total. The zero-order chi connectivity index (χ0) is 19.1. The molecule has 2 amide bonds. The van der Waals surface area contributed by atoms with Crippen molar-refractivity contribution in [2.75, 3.05) is 19.6 Å². The van der Waals surface area contributed by atoms with Gasteiger partial charge in [-0.25, -0.2) is 4.79 Å². The summed E-state index contributed by atoms with van der Waals surface area (Å²) in [5.41, 5.74) is 2.58. The summed E-state index contributed by atoms with van der Waals surface area (Å²) in [5.74, 6) is 0.138. The minimum atomic E-state index is -0.135. The van der Waals surface area contributed by atoms with Crippen LogP contribution in [0.1, 0.15) is 23.2 Å². The van der Waals surface area contributed by atoms with Crippen molar-refractivity contribution < 1.29 is 9.59 Å². The van der Waals surface area contributed by atoms with Crippen LogP contribution >= 0.6 is 0 Å². The number of nitrogens with zero attached hydrogens (tertiary/aromatic N) is 3. The Hall–Kier alpha value is -2.99. The van der Waals surface area contributed by atoms with Crippen LogP contribution in [0.25, 0.3) is 10.9 Å². The Labute approximate surface area is 163 Å². The number of hydrogen-bond acceptors (Lipinski definition) is 3. The van der Waals surface area contributed by atoms with Crippen LogP contribution in [0.3, 0.4) is 0 Å². The summed E-state index contributed by atoms with van der Waals surface area (Å²) in [4.78, 5) is 36.7. The van der Waals surface area contributed by atoms with E-state index in [-0.39, 0.29) is 23.9 Å². The van der Waals surface area contributed by atoms with Crippen LogP contribution in [0.5, 0.6) is 0 Å². The Kier molecular flexibility index (Phi) is 4.20. The number of ketones is 1. The molecule has 142 valence electrons. The molecule has 3 heterocycles. The molecular weight excluding hydrogens is 352 g/mol. The van der Waals surface area contributed by atoms with E-state index in [2.05, 4.69) is 14.9 Å². The number of piperidine rings is 1. The zero-order valence-electron chi connectivity index (χ0n) is 15.5. The smallest absolute Gasteiger partial charge is 0.344 e. The Morgan fingerprint density at radius 2 is 2.00 bits per heavy atom. The Balaban J connectivity index is 1.22. The second-order valence-electron chi connectivity index (χ2n) is 7.59. The third kappa shape index (κ3) is 2.90. The number of nitrogens with one attached hydrogen (secondary N) is 1. The number of rotatable bonds is 4. The Morgan fingerprint density at radius 3 is 2.86 bits per heavy atom. The topological polar surface area (TPSA) is 68.8 Å². The molecule has 2 aliphatic heterocycles. The number of Topliss-reactive ketones (excluding diaryl/α,β-unsaturated/α-hetero) is 1. The summed E-state index contributed by atoms with van der Waals surface area (Å²) in [7, 11) is 0. The van der Waals surface area contributed by atoms with E-state index in [9.17, 15) is 9.59 Å². The van der Waals surface area contributed by atoms with E-state index in [1.165, 1.54) is 0 Å². The molecule has 2 aromatic rings. The SMILES string of the molecule is O=C(CN1CCC(N2C(=O)N=C3C=CC=CC32)CC1)c1c[nH]c2ccccc12. The first-order valence-electron chi connectivity index (χ1n) is 9.78. The predicted molar refractivity (Wildman–Crippen MR) is 109 cm³/mol. The van der Waals surface area contributed by atoms with Crippen molar-refractivity contribution in [3.63, 3.8) is 0 Å². The van der Waals surface area contributed by atoms with E-state index >= 15 is 0 Å². The molecule has 1 aliphatic carbocycles. The fourth-order valence-electron chi connectivity index (χ4n) is 4.48. The van der Waals surface area contributed by atoms with Crippen LogP contribution in [-0.4, -0.2) is 64.0 Å². The lowest BCUT2D eigenvalue weighted by molar-refractivity contribution is 0.0863. The Morgan fingerprint density at radius 1 is 1.18 bits per heavy atom. The highest BCUT2D eigenvalue weighted by Crippen LogP contribution is 2.27. The van der Waals surface area contributed by atoms with E-state index < -0.39 is 0 Å². The number of hydrogen-bond donors (Lipinski definition) is 1. The van der Waals surface area contributed by atoms with Crippen LogP contribution in [-0.2, 0) is 0 Å². The molecule has 0 radical (unpaired) electrons. The first kappa shape index (κ1) is 17.1. The molecule has 5 rings (SSSR count). The van der Waals surface area contributed by atoms with Gasteiger partial charge < -0.3 is 9.88 Å². The van der Waals surface area contributed by atoms with Gasteiger partial charge in [-0.05, 0) is 25.0 Å². The van der Waals surface area contributed by atoms with Gasteiger partial charge in [0.05, 0.1) is 18.3 Å². The molecule has 28 heavy (non-hydrogen) atoms. The number of benzene rings is 1. The first-order chi connectivity index (χ1) is 13.7. The van der Waals surface area contributed by atoms with Gasteiger partial charge in [0.2, 0.25) is 0 Å². The zero-order valence-corrected chi connectivity index (χ0v) is 15.5. The molecule has 3 aliphatic rings. The lowest BCUT2D eigenvalue weighted by Crippen LogP contribution is -2.50. The van der Waals surface area contributed by atoms with Gasteiger partial charge in [-0.2, -0.15) is 4.99 Å². The third-order valence-corrected chi connectivity index (χ3v) is 5.93. The van der Waals surface area contributed by atoms with Crippen LogP contribution < -0.4 is 0 Å². The number of urea groups is 1. The van der Waals surface area contributed by atoms with Crippen molar-refractivity contribution in [3.8, 4) is 0 Å². The molecule has 1 aromatic carbocycles. The van der Waals surface area contributed by atoms with Crippen molar-refractivity contribution >= 4 is 28.4 Å². The number of H-pyrrole nitrogens is 1. The van der Waals surface area contributed by atoms with E-state index in [4.69, 9.17) is 0 Å². The molecule has 1 aromatic heterocycles. The fourth-order valence-corrected chi connectivity index (χ4v) is 4.48. The second-order valence-corrected chi connectivity index (χ2v) is 7.59. The summed E-state index contributed by atoms with van der Waals surface area (Å²) in [6.45, 7) is 2.03. The van der Waals surface area contributed by atoms with E-state index in [0.29, 0.717) is 6.54 Å². The maximum absolute atomic E-state index is 12.8. The number of carbonyl (C=O) groups excluding carboxylic acids is 2. The van der Waals surface area contributed by atoms with Crippen molar-refractivity contribution in [1.82, 2.24) is 14.8 Å². The van der Waals surface area contributed by atoms with Crippen molar-refractivity contribution in [1.29, 1.82) is 0 Å². The van der Waals surface area contributed by atoms with Crippen LogP contribution in [0.15, 0.2) is 59.8 Å². The molecule has 6 heteroatoms. The maximum Gasteiger partial charge on any atom is 0.344 e. The summed E-state index contributed by atoms with van der Waals surface area (Å²) >= 11 is 0. The molecule has 0 spiro atoms. The average molecular weight is 374 g/mol. The highest BCUT2D eigenvalue weighted by molar-refractivity contribution is 6.12. The number of carbonyl (C=O) groups is 2. The number of aromatic amines is 1. The van der Waals surface area contributed by atoms with Gasteiger partial charge in [-0.3, -0.25) is 9.69 Å². The minimum absolute atomic E-state index is 0.0260. The maximum atomic E-state index is 12.8. The number of aliphatic imine (C=N–C) groups is 1. The van der Waals surface area contributed by atoms with Crippen molar-refractivity contribution in [3.05, 3.63) is 60.3 Å². The van der Waals surface area contributed by atoms with Gasteiger partial charge in [-0.15, -0.1) is 0 Å². The first-order valence-corrected chi connectivity index (χ1v) is 9.78. The molecule has 1 saturated heterocycles. The van der Waals surface area contributed by atoms with Gasteiger partial charge >= 0.3 is 6.03 Å². The van der Waals surface area contributed by atoms with Gasteiger partial charge in [0.25, 0.3) is 0 Å². The Bertz CT molecular complexity index is 1020. The number of likely N-dealkylation sites (tertiary alicyclic amines) is 1. The standard InChI is InChI=1S/C22H22N4O2/c27-21(17-13-23-18-6-2-1-5-16(17)18)14-25-11-9-15(10-12-25)26-20-8-4-3-7-19(20)24-22(26)28/h1-8,13,15,20,23H,9-12,14H2. The molecule has 1 atom stereocenters. The van der Waals surface area contributed by atoms with E-state index in [0.717, 1.165) is 48.1 Å².